The second-order valence-electron chi connectivity index (χ2n) is 14.7. The highest BCUT2D eigenvalue weighted by Crippen LogP contribution is 2.49. The summed E-state index contributed by atoms with van der Waals surface area (Å²) in [5.74, 6) is 0.453. The molecule has 1 nitrogen and oxygen atoms in total. The average molecular weight is 662 g/mol. The van der Waals surface area contributed by atoms with Crippen LogP contribution in [0.2, 0.25) is 0 Å². The standard InChI is InChI=1S/C51H35N/c1-31(2)36-25-34-15-11-24-45-47-30-37(26-35-16-12-23-44(51(35)47)46(27-36)50(34)45)52(48-28-32-13-3-5-17-38(32)40-19-7-9-21-42(40)48)49-29-33-14-4-6-18-39(33)41-20-8-10-22-43(41)49/h3-31H,1-2H3. The summed E-state index contributed by atoms with van der Waals surface area (Å²) in [5, 5.41) is 20.5. The van der Waals surface area contributed by atoms with E-state index in [2.05, 4.69) is 189 Å². The van der Waals surface area contributed by atoms with E-state index >= 15 is 0 Å². The van der Waals surface area contributed by atoms with Gasteiger partial charge in [-0.3, -0.25) is 0 Å². The van der Waals surface area contributed by atoms with Crippen LogP contribution < -0.4 is 4.90 Å². The quantitative estimate of drug-likeness (QED) is 0.134. The van der Waals surface area contributed by atoms with Gasteiger partial charge in [0.15, 0.2) is 0 Å². The van der Waals surface area contributed by atoms with Crippen LogP contribution in [0.15, 0.2) is 170 Å². The second-order valence-corrected chi connectivity index (χ2v) is 14.7. The summed E-state index contributed by atoms with van der Waals surface area (Å²) in [6.45, 7) is 4.59. The molecule has 0 radical (unpaired) electrons. The summed E-state index contributed by atoms with van der Waals surface area (Å²) >= 11 is 0. The Balaban J connectivity index is 1.32. The Hall–Kier alpha value is -6.44. The molecule has 0 amide bonds. The van der Waals surface area contributed by atoms with Crippen LogP contribution in [-0.4, -0.2) is 0 Å². The highest BCUT2D eigenvalue weighted by Gasteiger charge is 2.23. The lowest BCUT2D eigenvalue weighted by Gasteiger charge is -2.30. The third kappa shape index (κ3) is 4.17. The topological polar surface area (TPSA) is 3.24 Å². The van der Waals surface area contributed by atoms with Crippen LogP contribution in [0.3, 0.4) is 0 Å². The first-order valence-corrected chi connectivity index (χ1v) is 18.4. The number of anilines is 3. The maximum absolute atomic E-state index is 2.55. The van der Waals surface area contributed by atoms with Crippen molar-refractivity contribution < 1.29 is 0 Å². The number of benzene rings is 11. The number of nitrogens with zero attached hydrogens (tertiary/aromatic N) is 1. The van der Waals surface area contributed by atoms with E-state index in [1.807, 2.05) is 0 Å². The van der Waals surface area contributed by atoms with E-state index in [1.54, 1.807) is 0 Å². The lowest BCUT2D eigenvalue weighted by Crippen LogP contribution is -2.11. The molecular formula is C51H35N. The first kappa shape index (κ1) is 29.3. The predicted octanol–water partition coefficient (Wildman–Crippen LogP) is 14.9. The van der Waals surface area contributed by atoms with Crippen LogP contribution in [0.1, 0.15) is 25.3 Å². The lowest BCUT2D eigenvalue weighted by atomic mass is 9.87. The van der Waals surface area contributed by atoms with Gasteiger partial charge in [-0.15, -0.1) is 0 Å². The van der Waals surface area contributed by atoms with E-state index in [0.29, 0.717) is 5.92 Å². The van der Waals surface area contributed by atoms with Crippen LogP contribution in [0.4, 0.5) is 17.1 Å². The monoisotopic (exact) mass is 661 g/mol. The molecule has 1 heteroatoms. The molecule has 11 rings (SSSR count). The number of hydrogen-bond donors (Lipinski definition) is 0. The summed E-state index contributed by atoms with van der Waals surface area (Å²) in [5.41, 5.74) is 4.89. The molecule has 0 N–H and O–H groups in total. The fourth-order valence-electron chi connectivity index (χ4n) is 9.05. The molecule has 0 spiro atoms. The Kier molecular flexibility index (Phi) is 6.22. The zero-order valence-corrected chi connectivity index (χ0v) is 29.2. The van der Waals surface area contributed by atoms with Gasteiger partial charge in [0.25, 0.3) is 0 Å². The summed E-state index contributed by atoms with van der Waals surface area (Å²) in [6.07, 6.45) is 0. The van der Waals surface area contributed by atoms with Gasteiger partial charge in [-0.1, -0.05) is 159 Å². The predicted molar refractivity (Wildman–Crippen MR) is 226 cm³/mol. The fraction of sp³-hybridized carbons (Fsp3) is 0.0588. The number of fused-ring (bicyclic) bond motifs is 8. The van der Waals surface area contributed by atoms with Crippen molar-refractivity contribution in [3.63, 3.8) is 0 Å². The van der Waals surface area contributed by atoms with Crippen molar-refractivity contribution in [2.45, 2.75) is 19.8 Å². The molecule has 0 heterocycles. The zero-order chi connectivity index (χ0) is 34.5. The summed E-state index contributed by atoms with van der Waals surface area (Å²) in [6, 6.07) is 63.7. The highest BCUT2D eigenvalue weighted by molar-refractivity contribution is 6.34. The van der Waals surface area contributed by atoms with Crippen LogP contribution in [0.25, 0.3) is 86.2 Å². The molecule has 0 aliphatic rings. The van der Waals surface area contributed by atoms with Crippen molar-refractivity contribution in [2.24, 2.45) is 0 Å². The Morgan fingerprint density at radius 2 is 0.750 bits per heavy atom. The molecule has 0 saturated heterocycles. The van der Waals surface area contributed by atoms with Gasteiger partial charge in [-0.25, -0.2) is 0 Å². The molecule has 52 heavy (non-hydrogen) atoms. The molecule has 0 atom stereocenters. The first-order valence-electron chi connectivity index (χ1n) is 18.4. The average Bonchev–Trinajstić information content (AvgIpc) is 3.19. The van der Waals surface area contributed by atoms with Crippen molar-refractivity contribution >= 4 is 103 Å². The zero-order valence-electron chi connectivity index (χ0n) is 29.2. The Morgan fingerprint density at radius 1 is 0.327 bits per heavy atom. The molecule has 0 aliphatic carbocycles. The van der Waals surface area contributed by atoms with Crippen molar-refractivity contribution in [1.29, 1.82) is 0 Å². The summed E-state index contributed by atoms with van der Waals surface area (Å²) in [4.78, 5) is 2.55. The van der Waals surface area contributed by atoms with Crippen LogP contribution in [0.5, 0.6) is 0 Å². The second kappa shape index (κ2) is 11.0. The number of hydrogen-bond acceptors (Lipinski definition) is 1. The van der Waals surface area contributed by atoms with Gasteiger partial charge in [0.2, 0.25) is 0 Å². The molecule has 0 aromatic heterocycles. The van der Waals surface area contributed by atoms with Crippen molar-refractivity contribution in [2.75, 3.05) is 4.90 Å². The minimum absolute atomic E-state index is 0.453. The Labute approximate surface area is 302 Å². The lowest BCUT2D eigenvalue weighted by molar-refractivity contribution is 0.870. The SMILES string of the molecule is CC(C)c1cc2cccc3c4cc(N(c5cc6ccccc6c6ccccc56)c5cc6ccccc6c6ccccc56)cc5cccc(c(c1)c23)c54. The van der Waals surface area contributed by atoms with Crippen LogP contribution >= 0.6 is 0 Å². The third-order valence-corrected chi connectivity index (χ3v) is 11.4. The molecule has 11 aromatic carbocycles. The largest absolute Gasteiger partial charge is 0.309 e. The molecule has 0 aliphatic heterocycles. The van der Waals surface area contributed by atoms with Crippen LogP contribution in [-0.2, 0) is 0 Å². The van der Waals surface area contributed by atoms with E-state index in [9.17, 15) is 0 Å². The molecule has 0 bridgehead atoms. The highest BCUT2D eigenvalue weighted by atomic mass is 15.1. The van der Waals surface area contributed by atoms with E-state index in [0.717, 1.165) is 5.69 Å². The molecule has 0 saturated carbocycles. The van der Waals surface area contributed by atoms with Gasteiger partial charge in [-0.05, 0) is 111 Å². The van der Waals surface area contributed by atoms with Gasteiger partial charge in [-0.2, -0.15) is 0 Å². The fourth-order valence-corrected chi connectivity index (χ4v) is 9.05. The molecule has 0 unspecified atom stereocenters. The smallest absolute Gasteiger partial charge is 0.0546 e. The Morgan fingerprint density at radius 3 is 1.29 bits per heavy atom. The van der Waals surface area contributed by atoms with Gasteiger partial charge in [0.1, 0.15) is 0 Å². The Bertz CT molecular complexity index is 3100. The minimum Gasteiger partial charge on any atom is -0.309 e. The normalized spacial score (nSPS) is 12.2. The van der Waals surface area contributed by atoms with E-state index < -0.39 is 0 Å². The van der Waals surface area contributed by atoms with E-state index in [4.69, 9.17) is 0 Å². The molecule has 244 valence electrons. The van der Waals surface area contributed by atoms with Gasteiger partial charge in [0, 0.05) is 16.5 Å². The minimum atomic E-state index is 0.453. The first-order chi connectivity index (χ1) is 25.6. The van der Waals surface area contributed by atoms with Gasteiger partial charge >= 0.3 is 0 Å². The molecule has 0 fully saturated rings. The maximum Gasteiger partial charge on any atom is 0.0546 e. The van der Waals surface area contributed by atoms with Crippen molar-refractivity contribution in [3.8, 4) is 0 Å². The third-order valence-electron chi connectivity index (χ3n) is 11.4. The molecular weight excluding hydrogens is 627 g/mol. The van der Waals surface area contributed by atoms with Crippen LogP contribution in [0, 0.1) is 0 Å². The maximum atomic E-state index is 2.55. The summed E-state index contributed by atoms with van der Waals surface area (Å²) < 4.78 is 0. The van der Waals surface area contributed by atoms with E-state index in [1.165, 1.54) is 103 Å². The van der Waals surface area contributed by atoms with Crippen molar-refractivity contribution in [3.05, 3.63) is 175 Å². The summed E-state index contributed by atoms with van der Waals surface area (Å²) in [7, 11) is 0. The number of rotatable bonds is 4. The van der Waals surface area contributed by atoms with Crippen molar-refractivity contribution in [1.82, 2.24) is 0 Å². The van der Waals surface area contributed by atoms with E-state index in [-0.39, 0.29) is 0 Å². The molecule has 11 aromatic rings. The van der Waals surface area contributed by atoms with Gasteiger partial charge < -0.3 is 4.90 Å². The van der Waals surface area contributed by atoms with Gasteiger partial charge in [0.05, 0.1) is 11.4 Å².